The number of hydrogen-bond donors (Lipinski definition) is 2. The zero-order valence-corrected chi connectivity index (χ0v) is 11.1. The second-order valence-corrected chi connectivity index (χ2v) is 5.84. The van der Waals surface area contributed by atoms with Crippen LogP contribution < -0.4 is 5.32 Å². The monoisotopic (exact) mass is 249 g/mol. The Morgan fingerprint density at radius 1 is 1.47 bits per heavy atom. The average Bonchev–Trinajstić information content (AvgIpc) is 2.13. The molecule has 5 heteroatoms. The van der Waals surface area contributed by atoms with E-state index in [9.17, 15) is 9.59 Å². The minimum absolute atomic E-state index is 0.145. The van der Waals surface area contributed by atoms with Gasteiger partial charge in [-0.25, -0.2) is 0 Å². The average molecular weight is 249 g/mol. The normalized spacial score (nSPS) is 14.7. The predicted molar refractivity (Wildman–Crippen MR) is 68.7 cm³/mol. The molecule has 2 atom stereocenters. The third-order valence-corrected chi connectivity index (χ3v) is 3.12. The minimum atomic E-state index is -0.361. The molecule has 0 aromatic rings. The maximum Gasteiger partial charge on any atom is 0.279 e. The molecule has 0 aliphatic carbocycles. The van der Waals surface area contributed by atoms with Crippen LogP contribution in [-0.2, 0) is 4.79 Å². The molecule has 0 saturated heterocycles. The third-order valence-electron chi connectivity index (χ3n) is 1.65. The highest BCUT2D eigenvalue weighted by Gasteiger charge is 2.13. The van der Waals surface area contributed by atoms with Crippen molar-refractivity contribution >= 4 is 35.9 Å². The SMILES string of the molecule is CC(C)CC(C=O)NC(=O)SCC(C)S. The summed E-state index contributed by atoms with van der Waals surface area (Å²) in [6.45, 7) is 5.96. The van der Waals surface area contributed by atoms with Crippen molar-refractivity contribution in [2.45, 2.75) is 38.5 Å². The summed E-state index contributed by atoms with van der Waals surface area (Å²) >= 11 is 5.34. The van der Waals surface area contributed by atoms with Crippen molar-refractivity contribution in [1.29, 1.82) is 0 Å². The predicted octanol–water partition coefficient (Wildman–Crippen LogP) is 2.36. The van der Waals surface area contributed by atoms with Gasteiger partial charge in [0.25, 0.3) is 5.24 Å². The van der Waals surface area contributed by atoms with Crippen molar-refractivity contribution in [2.75, 3.05) is 5.75 Å². The van der Waals surface area contributed by atoms with E-state index in [-0.39, 0.29) is 16.5 Å². The summed E-state index contributed by atoms with van der Waals surface area (Å²) in [5, 5.41) is 2.71. The Bertz CT molecular complexity index is 208. The molecule has 15 heavy (non-hydrogen) atoms. The Kier molecular flexibility index (Phi) is 7.96. The second-order valence-electron chi connectivity index (χ2n) is 3.96. The molecule has 0 aromatic heterocycles. The smallest absolute Gasteiger partial charge is 0.279 e. The Morgan fingerprint density at radius 2 is 2.07 bits per heavy atom. The summed E-state index contributed by atoms with van der Waals surface area (Å²) < 4.78 is 0. The van der Waals surface area contributed by atoms with Gasteiger partial charge in [0.05, 0.1) is 6.04 Å². The maximum absolute atomic E-state index is 11.4. The number of amides is 1. The van der Waals surface area contributed by atoms with Crippen LogP contribution in [0.4, 0.5) is 4.79 Å². The first-order valence-corrected chi connectivity index (χ1v) is 6.52. The summed E-state index contributed by atoms with van der Waals surface area (Å²) in [6, 6.07) is -0.361. The fourth-order valence-corrected chi connectivity index (χ4v) is 1.90. The Labute approximate surface area is 101 Å². The van der Waals surface area contributed by atoms with Crippen LogP contribution in [0.1, 0.15) is 27.2 Å². The van der Waals surface area contributed by atoms with Crippen molar-refractivity contribution in [3.05, 3.63) is 0 Å². The number of thioether (sulfide) groups is 1. The van der Waals surface area contributed by atoms with Gasteiger partial charge in [0.1, 0.15) is 6.29 Å². The molecule has 0 rings (SSSR count). The highest BCUT2D eigenvalue weighted by atomic mass is 32.2. The van der Waals surface area contributed by atoms with E-state index in [1.807, 2.05) is 20.8 Å². The molecule has 3 nitrogen and oxygen atoms in total. The summed E-state index contributed by atoms with van der Waals surface area (Å²) in [5.74, 6) is 1.05. The first kappa shape index (κ1) is 14.8. The molecule has 0 heterocycles. The Morgan fingerprint density at radius 3 is 2.47 bits per heavy atom. The molecule has 88 valence electrons. The van der Waals surface area contributed by atoms with E-state index in [1.165, 1.54) is 11.8 Å². The van der Waals surface area contributed by atoms with Gasteiger partial charge in [0.15, 0.2) is 0 Å². The Balaban J connectivity index is 3.85. The molecule has 0 spiro atoms. The van der Waals surface area contributed by atoms with Crippen LogP contribution in [0.2, 0.25) is 0 Å². The standard InChI is InChI=1S/C10H19NO2S2/c1-7(2)4-9(5-12)11-10(13)15-6-8(3)14/h5,7-9,14H,4,6H2,1-3H3,(H,11,13). The van der Waals surface area contributed by atoms with Crippen molar-refractivity contribution in [3.63, 3.8) is 0 Å². The number of rotatable bonds is 6. The fourth-order valence-electron chi connectivity index (χ4n) is 1.05. The number of carbonyl (C=O) groups excluding carboxylic acids is 2. The number of hydrogen-bond acceptors (Lipinski definition) is 4. The van der Waals surface area contributed by atoms with Crippen molar-refractivity contribution < 1.29 is 9.59 Å². The lowest BCUT2D eigenvalue weighted by Crippen LogP contribution is -2.34. The van der Waals surface area contributed by atoms with Crippen LogP contribution in [0.15, 0.2) is 0 Å². The van der Waals surface area contributed by atoms with Crippen LogP contribution in [0.5, 0.6) is 0 Å². The lowest BCUT2D eigenvalue weighted by Gasteiger charge is -2.14. The van der Waals surface area contributed by atoms with Gasteiger partial charge >= 0.3 is 0 Å². The molecular weight excluding hydrogens is 230 g/mol. The molecule has 0 aromatic carbocycles. The summed E-state index contributed by atoms with van der Waals surface area (Å²) in [5.41, 5.74) is 0. The van der Waals surface area contributed by atoms with Crippen LogP contribution in [0.3, 0.4) is 0 Å². The summed E-state index contributed by atoms with van der Waals surface area (Å²) in [4.78, 5) is 22.0. The second kappa shape index (κ2) is 8.05. The van der Waals surface area contributed by atoms with Gasteiger partial charge in [-0.1, -0.05) is 32.5 Å². The van der Waals surface area contributed by atoms with E-state index in [2.05, 4.69) is 17.9 Å². The van der Waals surface area contributed by atoms with E-state index < -0.39 is 0 Å². The molecule has 0 aliphatic rings. The quantitative estimate of drug-likeness (QED) is 0.561. The van der Waals surface area contributed by atoms with E-state index in [4.69, 9.17) is 0 Å². The Hall–Kier alpha value is -0.160. The van der Waals surface area contributed by atoms with E-state index in [0.29, 0.717) is 18.1 Å². The number of carbonyl (C=O) groups is 2. The molecule has 1 amide bonds. The lowest BCUT2D eigenvalue weighted by molar-refractivity contribution is -0.109. The van der Waals surface area contributed by atoms with E-state index in [1.54, 1.807) is 0 Å². The van der Waals surface area contributed by atoms with E-state index >= 15 is 0 Å². The van der Waals surface area contributed by atoms with Gasteiger partial charge in [-0.15, -0.1) is 0 Å². The summed E-state index contributed by atoms with van der Waals surface area (Å²) in [7, 11) is 0. The maximum atomic E-state index is 11.4. The molecule has 0 fully saturated rings. The van der Waals surface area contributed by atoms with Gasteiger partial charge < -0.3 is 10.1 Å². The number of thiol groups is 1. The van der Waals surface area contributed by atoms with Crippen molar-refractivity contribution in [1.82, 2.24) is 5.32 Å². The molecule has 2 unspecified atom stereocenters. The van der Waals surface area contributed by atoms with Gasteiger partial charge in [-0.2, -0.15) is 12.6 Å². The topological polar surface area (TPSA) is 46.2 Å². The van der Waals surface area contributed by atoms with Gasteiger partial charge in [0.2, 0.25) is 0 Å². The first-order valence-electron chi connectivity index (χ1n) is 5.02. The van der Waals surface area contributed by atoms with Crippen LogP contribution >= 0.6 is 24.4 Å². The molecule has 0 radical (unpaired) electrons. The van der Waals surface area contributed by atoms with Gasteiger partial charge in [-0.3, -0.25) is 4.79 Å². The van der Waals surface area contributed by atoms with E-state index in [0.717, 1.165) is 6.29 Å². The largest absolute Gasteiger partial charge is 0.337 e. The van der Waals surface area contributed by atoms with Gasteiger partial charge in [-0.05, 0) is 12.3 Å². The lowest BCUT2D eigenvalue weighted by atomic mass is 10.1. The molecule has 0 aliphatic heterocycles. The highest BCUT2D eigenvalue weighted by molar-refractivity contribution is 8.13. The fraction of sp³-hybridized carbons (Fsp3) is 0.800. The number of aldehydes is 1. The summed E-state index contributed by atoms with van der Waals surface area (Å²) in [6.07, 6.45) is 1.48. The molecular formula is C10H19NO2S2. The molecule has 0 saturated carbocycles. The molecule has 1 N–H and O–H groups in total. The third kappa shape index (κ3) is 8.81. The minimum Gasteiger partial charge on any atom is -0.337 e. The van der Waals surface area contributed by atoms with Crippen LogP contribution in [0.25, 0.3) is 0 Å². The van der Waals surface area contributed by atoms with Crippen molar-refractivity contribution in [2.24, 2.45) is 5.92 Å². The first-order chi connectivity index (χ1) is 6.95. The highest BCUT2D eigenvalue weighted by Crippen LogP contribution is 2.10. The number of nitrogens with one attached hydrogen (secondary N) is 1. The van der Waals surface area contributed by atoms with Gasteiger partial charge in [0, 0.05) is 11.0 Å². The zero-order valence-electron chi connectivity index (χ0n) is 9.40. The molecule has 0 bridgehead atoms. The van der Waals surface area contributed by atoms with Crippen LogP contribution in [-0.4, -0.2) is 28.6 Å². The van der Waals surface area contributed by atoms with Crippen LogP contribution in [0, 0.1) is 5.92 Å². The zero-order chi connectivity index (χ0) is 11.8. The van der Waals surface area contributed by atoms with Crippen molar-refractivity contribution in [3.8, 4) is 0 Å².